The maximum absolute atomic E-state index is 4.20. The van der Waals surface area contributed by atoms with Gasteiger partial charge in [-0.15, -0.1) is 6.58 Å². The number of benzene rings is 1. The van der Waals surface area contributed by atoms with Gasteiger partial charge in [0, 0.05) is 6.04 Å². The van der Waals surface area contributed by atoms with Crippen LogP contribution in [0.15, 0.2) is 36.0 Å². The van der Waals surface area contributed by atoms with Crippen LogP contribution in [0.3, 0.4) is 0 Å². The van der Waals surface area contributed by atoms with Crippen LogP contribution in [0.25, 0.3) is 0 Å². The molecule has 0 amide bonds. The molecule has 0 aliphatic rings. The minimum absolute atomic E-state index is 0.456. The van der Waals surface area contributed by atoms with Crippen LogP contribution in [-0.2, 0) is 0 Å². The van der Waals surface area contributed by atoms with Gasteiger partial charge in [-0.3, -0.25) is 0 Å². The van der Waals surface area contributed by atoms with E-state index in [-0.39, 0.29) is 0 Å². The van der Waals surface area contributed by atoms with Gasteiger partial charge < -0.3 is 4.90 Å². The molecule has 0 aliphatic carbocycles. The van der Waals surface area contributed by atoms with E-state index in [2.05, 4.69) is 76.8 Å². The lowest BCUT2D eigenvalue weighted by molar-refractivity contribution is 0.322. The summed E-state index contributed by atoms with van der Waals surface area (Å²) in [5, 5.41) is 2.87. The highest BCUT2D eigenvalue weighted by atomic mass is 28.3. The lowest BCUT2D eigenvalue weighted by atomic mass is 10.1. The molecule has 0 radical (unpaired) electrons. The molecule has 0 spiro atoms. The molecule has 17 heavy (non-hydrogen) atoms. The third kappa shape index (κ3) is 2.88. The molecule has 0 saturated carbocycles. The van der Waals surface area contributed by atoms with E-state index in [0.29, 0.717) is 6.04 Å². The molecule has 1 aromatic carbocycles. The molecule has 0 saturated heterocycles. The Bertz CT molecular complexity index is 407. The number of nitrogens with zero attached hydrogens (tertiary/aromatic N) is 1. The van der Waals surface area contributed by atoms with Crippen molar-refractivity contribution in [1.29, 1.82) is 0 Å². The zero-order valence-electron chi connectivity index (χ0n) is 12.0. The SMILES string of the molecule is C=C(C)[Si](C)(C)c1ccccc1[C@@H](C)N(C)C. The van der Waals surface area contributed by atoms with Crippen LogP contribution in [0.5, 0.6) is 0 Å². The number of rotatable bonds is 4. The van der Waals surface area contributed by atoms with E-state index in [4.69, 9.17) is 0 Å². The Morgan fingerprint density at radius 1 is 1.24 bits per heavy atom. The minimum atomic E-state index is -1.53. The molecule has 1 rings (SSSR count). The zero-order valence-corrected chi connectivity index (χ0v) is 13.0. The zero-order chi connectivity index (χ0) is 13.2. The number of allylic oxidation sites excluding steroid dienone is 1. The molecule has 0 fully saturated rings. The average Bonchev–Trinajstić information content (AvgIpc) is 2.27. The second kappa shape index (κ2) is 5.19. The van der Waals surface area contributed by atoms with E-state index < -0.39 is 8.07 Å². The molecule has 1 atom stereocenters. The first kappa shape index (κ1) is 14.2. The molecule has 2 heteroatoms. The van der Waals surface area contributed by atoms with E-state index in [1.807, 2.05) is 0 Å². The Hall–Kier alpha value is -0.863. The van der Waals surface area contributed by atoms with E-state index >= 15 is 0 Å². The van der Waals surface area contributed by atoms with Crippen molar-refractivity contribution in [2.75, 3.05) is 14.1 Å². The number of hydrogen-bond acceptors (Lipinski definition) is 1. The van der Waals surface area contributed by atoms with Crippen molar-refractivity contribution in [3.8, 4) is 0 Å². The molecular formula is C15H25NSi. The van der Waals surface area contributed by atoms with Gasteiger partial charge in [-0.1, -0.05) is 47.7 Å². The van der Waals surface area contributed by atoms with Crippen LogP contribution in [0.2, 0.25) is 13.1 Å². The monoisotopic (exact) mass is 247 g/mol. The van der Waals surface area contributed by atoms with Gasteiger partial charge in [0.15, 0.2) is 0 Å². The van der Waals surface area contributed by atoms with Crippen LogP contribution in [-0.4, -0.2) is 27.1 Å². The highest BCUT2D eigenvalue weighted by molar-refractivity contribution is 6.95. The van der Waals surface area contributed by atoms with Gasteiger partial charge in [-0.05, 0) is 33.5 Å². The molecule has 0 aromatic heterocycles. The maximum Gasteiger partial charge on any atom is 0.106 e. The largest absolute Gasteiger partial charge is 0.303 e. The summed E-state index contributed by atoms with van der Waals surface area (Å²) in [6.07, 6.45) is 0. The van der Waals surface area contributed by atoms with Crippen LogP contribution in [0.4, 0.5) is 0 Å². The average molecular weight is 247 g/mol. The van der Waals surface area contributed by atoms with Gasteiger partial charge in [0.1, 0.15) is 8.07 Å². The molecule has 0 heterocycles. The third-order valence-electron chi connectivity index (χ3n) is 3.93. The Morgan fingerprint density at radius 2 is 1.76 bits per heavy atom. The van der Waals surface area contributed by atoms with Crippen molar-refractivity contribution < 1.29 is 0 Å². The molecule has 0 aliphatic heterocycles. The summed E-state index contributed by atoms with van der Waals surface area (Å²) in [5.41, 5.74) is 1.46. The summed E-state index contributed by atoms with van der Waals surface area (Å²) in [7, 11) is 2.74. The predicted octanol–water partition coefficient (Wildman–Crippen LogP) is 3.34. The molecule has 0 bridgehead atoms. The second-order valence-corrected chi connectivity index (χ2v) is 10.3. The Morgan fingerprint density at radius 3 is 2.24 bits per heavy atom. The Balaban J connectivity index is 3.30. The molecule has 0 unspecified atom stereocenters. The van der Waals surface area contributed by atoms with Gasteiger partial charge in [0.2, 0.25) is 0 Å². The minimum Gasteiger partial charge on any atom is -0.303 e. The highest BCUT2D eigenvalue weighted by Gasteiger charge is 2.28. The normalized spacial score (nSPS) is 13.8. The molecule has 1 nitrogen and oxygen atoms in total. The van der Waals surface area contributed by atoms with Crippen molar-refractivity contribution >= 4 is 13.3 Å². The van der Waals surface area contributed by atoms with E-state index in [1.54, 1.807) is 0 Å². The second-order valence-electron chi connectivity index (χ2n) is 5.63. The van der Waals surface area contributed by atoms with Gasteiger partial charge in [0.25, 0.3) is 0 Å². The third-order valence-corrected chi connectivity index (χ3v) is 7.86. The van der Waals surface area contributed by atoms with Crippen molar-refractivity contribution in [2.45, 2.75) is 33.0 Å². The molecule has 94 valence electrons. The molecular weight excluding hydrogens is 222 g/mol. The van der Waals surface area contributed by atoms with Crippen LogP contribution < -0.4 is 5.19 Å². The van der Waals surface area contributed by atoms with Crippen molar-refractivity contribution in [3.63, 3.8) is 0 Å². The summed E-state index contributed by atoms with van der Waals surface area (Å²) in [6, 6.07) is 9.30. The number of hydrogen-bond donors (Lipinski definition) is 0. The van der Waals surface area contributed by atoms with E-state index in [1.165, 1.54) is 15.9 Å². The van der Waals surface area contributed by atoms with E-state index in [9.17, 15) is 0 Å². The van der Waals surface area contributed by atoms with Gasteiger partial charge in [0.05, 0.1) is 0 Å². The summed E-state index contributed by atoms with van der Waals surface area (Å²) in [6.45, 7) is 13.4. The van der Waals surface area contributed by atoms with Gasteiger partial charge in [-0.25, -0.2) is 0 Å². The molecule has 0 N–H and O–H groups in total. The van der Waals surface area contributed by atoms with Gasteiger partial charge in [-0.2, -0.15) is 0 Å². The lowest BCUT2D eigenvalue weighted by Gasteiger charge is -2.30. The quantitative estimate of drug-likeness (QED) is 0.738. The first-order valence-electron chi connectivity index (χ1n) is 6.20. The van der Waals surface area contributed by atoms with E-state index in [0.717, 1.165) is 0 Å². The first-order chi connectivity index (χ1) is 7.78. The summed E-state index contributed by atoms with van der Waals surface area (Å²) in [5.74, 6) is 0. The predicted molar refractivity (Wildman–Crippen MR) is 80.5 cm³/mol. The van der Waals surface area contributed by atoms with Crippen molar-refractivity contribution in [3.05, 3.63) is 41.6 Å². The Kier molecular flexibility index (Phi) is 4.34. The standard InChI is InChI=1S/C15H25NSi/c1-12(2)17(6,7)15-11-9-8-10-14(15)13(3)16(4)5/h8-11,13H,1H2,2-7H3/t13-/m1/s1. The fourth-order valence-corrected chi connectivity index (χ4v) is 3.93. The maximum atomic E-state index is 4.20. The summed E-state index contributed by atoms with van der Waals surface area (Å²) < 4.78 is 0. The van der Waals surface area contributed by atoms with Crippen molar-refractivity contribution in [2.24, 2.45) is 0 Å². The molecule has 1 aromatic rings. The van der Waals surface area contributed by atoms with Crippen LogP contribution in [0, 0.1) is 0 Å². The first-order valence-corrected chi connectivity index (χ1v) is 9.20. The van der Waals surface area contributed by atoms with Crippen LogP contribution >= 0.6 is 0 Å². The smallest absolute Gasteiger partial charge is 0.106 e. The van der Waals surface area contributed by atoms with Crippen molar-refractivity contribution in [1.82, 2.24) is 4.90 Å². The topological polar surface area (TPSA) is 3.24 Å². The summed E-state index contributed by atoms with van der Waals surface area (Å²) in [4.78, 5) is 2.27. The fraction of sp³-hybridized carbons (Fsp3) is 0.467. The lowest BCUT2D eigenvalue weighted by Crippen LogP contribution is -2.46. The Labute approximate surface area is 107 Å². The summed E-state index contributed by atoms with van der Waals surface area (Å²) >= 11 is 0. The highest BCUT2D eigenvalue weighted by Crippen LogP contribution is 2.21. The van der Waals surface area contributed by atoms with Gasteiger partial charge >= 0.3 is 0 Å². The van der Waals surface area contributed by atoms with Crippen LogP contribution in [0.1, 0.15) is 25.5 Å². The fourth-order valence-electron chi connectivity index (χ4n) is 1.94.